The minimum absolute atomic E-state index is 0.0169. The van der Waals surface area contributed by atoms with Crippen LogP contribution in [0, 0.1) is 11.8 Å². The van der Waals surface area contributed by atoms with Gasteiger partial charge in [0, 0.05) is 24.7 Å². The van der Waals surface area contributed by atoms with Crippen LogP contribution in [0.15, 0.2) is 30.3 Å². The van der Waals surface area contributed by atoms with Crippen LogP contribution in [0.2, 0.25) is 0 Å². The Morgan fingerprint density at radius 2 is 2.00 bits per heavy atom. The molecule has 2 N–H and O–H groups in total. The average molecular weight is 472 g/mol. The molecule has 0 saturated carbocycles. The van der Waals surface area contributed by atoms with Gasteiger partial charge in [0.25, 0.3) is 11.8 Å². The molecule has 0 fully saturated rings. The maximum Gasteiger partial charge on any atom is 0.269 e. The predicted molar refractivity (Wildman–Crippen MR) is 121 cm³/mol. The van der Waals surface area contributed by atoms with Crippen LogP contribution in [0.25, 0.3) is 5.57 Å². The monoisotopic (exact) mass is 472 g/mol. The second-order valence-corrected chi connectivity index (χ2v) is 8.11. The van der Waals surface area contributed by atoms with Crippen molar-refractivity contribution in [2.75, 3.05) is 25.5 Å². The first-order valence-corrected chi connectivity index (χ1v) is 11.1. The van der Waals surface area contributed by atoms with E-state index in [1.54, 1.807) is 18.2 Å². The summed E-state index contributed by atoms with van der Waals surface area (Å²) in [6, 6.07) is 6.17. The number of nitrogens with zero attached hydrogens (tertiary/aromatic N) is 2. The summed E-state index contributed by atoms with van der Waals surface area (Å²) in [7, 11) is 1.44. The van der Waals surface area contributed by atoms with Crippen molar-refractivity contribution in [2.24, 2.45) is 0 Å². The number of aromatic nitrogens is 1. The number of ether oxygens (including phenoxy) is 1. The molecule has 2 amide bonds. The van der Waals surface area contributed by atoms with E-state index in [0.29, 0.717) is 29.7 Å². The molecular weight excluding hydrogens is 446 g/mol. The first-order valence-electron chi connectivity index (χ1n) is 11.1. The van der Waals surface area contributed by atoms with Gasteiger partial charge in [-0.15, -0.1) is 0 Å². The quantitative estimate of drug-likeness (QED) is 0.626. The van der Waals surface area contributed by atoms with Gasteiger partial charge in [0.1, 0.15) is 17.1 Å². The SMILES string of the molecule is CCC1(CC)Oc2ccc(CN3CC=C(c4ccc(C(=O)NC)nc4F)CO3)c(F)c2NC1=O. The molecule has 2 aromatic rings. The highest BCUT2D eigenvalue weighted by atomic mass is 19.1. The standard InChI is InChI=1S/C24H26F2N4O4/c1-4-24(5-2)23(32)29-20-18(34-24)9-6-14(19(20)25)12-30-11-10-15(13-33-30)16-7-8-17(22(31)27-3)28-21(16)26/h6-10H,4-5,11-13H2,1-3H3,(H,27,31)(H,29,32). The first-order chi connectivity index (χ1) is 16.3. The fraction of sp³-hybridized carbons (Fsp3) is 0.375. The zero-order valence-corrected chi connectivity index (χ0v) is 19.2. The second-order valence-electron chi connectivity index (χ2n) is 8.11. The summed E-state index contributed by atoms with van der Waals surface area (Å²) >= 11 is 0. The summed E-state index contributed by atoms with van der Waals surface area (Å²) in [6.45, 7) is 4.15. The largest absolute Gasteiger partial charge is 0.475 e. The second kappa shape index (κ2) is 9.47. The van der Waals surface area contributed by atoms with Gasteiger partial charge < -0.3 is 15.4 Å². The molecule has 0 bridgehead atoms. The smallest absolute Gasteiger partial charge is 0.269 e. The fourth-order valence-electron chi connectivity index (χ4n) is 4.03. The lowest BCUT2D eigenvalue weighted by Crippen LogP contribution is -2.50. The third-order valence-electron chi connectivity index (χ3n) is 6.23. The first kappa shape index (κ1) is 23.8. The molecule has 10 heteroatoms. The molecule has 3 heterocycles. The van der Waals surface area contributed by atoms with Crippen molar-refractivity contribution in [3.63, 3.8) is 0 Å². The molecule has 2 aliphatic heterocycles. The lowest BCUT2D eigenvalue weighted by atomic mass is 9.93. The van der Waals surface area contributed by atoms with Crippen LogP contribution in [0.1, 0.15) is 48.3 Å². The molecule has 0 aliphatic carbocycles. The normalized spacial score (nSPS) is 17.3. The number of carbonyl (C=O) groups excluding carboxylic acids is 2. The number of nitrogens with one attached hydrogen (secondary N) is 2. The predicted octanol–water partition coefficient (Wildman–Crippen LogP) is 3.44. The topological polar surface area (TPSA) is 92.8 Å². The summed E-state index contributed by atoms with van der Waals surface area (Å²) in [5, 5.41) is 6.59. The number of hydroxylamine groups is 2. The Labute approximate surface area is 195 Å². The highest BCUT2D eigenvalue weighted by Gasteiger charge is 2.42. The Morgan fingerprint density at radius 1 is 1.24 bits per heavy atom. The van der Waals surface area contributed by atoms with E-state index in [1.165, 1.54) is 24.2 Å². The molecule has 1 aromatic carbocycles. The minimum Gasteiger partial charge on any atom is -0.475 e. The van der Waals surface area contributed by atoms with Crippen LogP contribution < -0.4 is 15.4 Å². The number of benzene rings is 1. The number of pyridine rings is 1. The Kier molecular flexibility index (Phi) is 6.63. The average Bonchev–Trinajstić information content (AvgIpc) is 2.86. The lowest BCUT2D eigenvalue weighted by Gasteiger charge is -2.36. The van der Waals surface area contributed by atoms with E-state index in [4.69, 9.17) is 9.57 Å². The highest BCUT2D eigenvalue weighted by molar-refractivity contribution is 6.01. The molecule has 8 nitrogen and oxygen atoms in total. The van der Waals surface area contributed by atoms with Crippen LogP contribution >= 0.6 is 0 Å². The van der Waals surface area contributed by atoms with Crippen LogP contribution in [-0.4, -0.2) is 47.7 Å². The van der Waals surface area contributed by atoms with Crippen molar-refractivity contribution in [3.05, 3.63) is 58.9 Å². The van der Waals surface area contributed by atoms with E-state index in [9.17, 15) is 14.0 Å². The molecule has 34 heavy (non-hydrogen) atoms. The molecule has 0 saturated heterocycles. The van der Waals surface area contributed by atoms with Gasteiger partial charge in [-0.25, -0.2) is 9.37 Å². The van der Waals surface area contributed by atoms with Gasteiger partial charge in [0.2, 0.25) is 5.95 Å². The zero-order chi connectivity index (χ0) is 24.5. The molecule has 180 valence electrons. The van der Waals surface area contributed by atoms with Crippen molar-refractivity contribution in [3.8, 4) is 5.75 Å². The lowest BCUT2D eigenvalue weighted by molar-refractivity contribution is -0.151. The van der Waals surface area contributed by atoms with Crippen LogP contribution in [0.3, 0.4) is 0 Å². The number of amides is 2. The zero-order valence-electron chi connectivity index (χ0n) is 19.2. The molecule has 0 spiro atoms. The number of carbonyl (C=O) groups is 2. The number of halogens is 2. The van der Waals surface area contributed by atoms with Gasteiger partial charge in [0.15, 0.2) is 11.4 Å². The third-order valence-corrected chi connectivity index (χ3v) is 6.23. The minimum atomic E-state index is -0.999. The van der Waals surface area contributed by atoms with Crippen LogP contribution in [0.4, 0.5) is 14.5 Å². The molecule has 4 rings (SSSR count). The van der Waals surface area contributed by atoms with Gasteiger partial charge in [0.05, 0.1) is 13.2 Å². The number of rotatable bonds is 6. The molecule has 0 atom stereocenters. The van der Waals surface area contributed by atoms with Crippen LogP contribution in [-0.2, 0) is 16.2 Å². The van der Waals surface area contributed by atoms with Crippen LogP contribution in [0.5, 0.6) is 5.75 Å². The van der Waals surface area contributed by atoms with Gasteiger partial charge in [-0.3, -0.25) is 14.4 Å². The van der Waals surface area contributed by atoms with E-state index < -0.39 is 23.3 Å². The summed E-state index contributed by atoms with van der Waals surface area (Å²) in [5.41, 5.74) is 0.146. The number of hydrogen-bond acceptors (Lipinski definition) is 6. The molecule has 2 aliphatic rings. The molecule has 1 aromatic heterocycles. The van der Waals surface area contributed by atoms with Crippen molar-refractivity contribution >= 4 is 23.1 Å². The Hall–Kier alpha value is -3.37. The molecule has 0 unspecified atom stereocenters. The van der Waals surface area contributed by atoms with Crippen molar-refractivity contribution in [1.82, 2.24) is 15.4 Å². The summed E-state index contributed by atoms with van der Waals surface area (Å²) < 4.78 is 35.5. The summed E-state index contributed by atoms with van der Waals surface area (Å²) in [4.78, 5) is 33.6. The summed E-state index contributed by atoms with van der Waals surface area (Å²) in [5.74, 6) is -1.88. The van der Waals surface area contributed by atoms with Crippen molar-refractivity contribution < 1.29 is 27.9 Å². The highest BCUT2D eigenvalue weighted by Crippen LogP contribution is 2.39. The Balaban J connectivity index is 1.47. The maximum atomic E-state index is 15.2. The number of anilines is 1. The fourth-order valence-corrected chi connectivity index (χ4v) is 4.03. The van der Waals surface area contributed by atoms with E-state index in [1.807, 2.05) is 13.8 Å². The van der Waals surface area contributed by atoms with E-state index >= 15 is 4.39 Å². The van der Waals surface area contributed by atoms with E-state index in [2.05, 4.69) is 15.6 Å². The number of hydrogen-bond donors (Lipinski definition) is 2. The van der Waals surface area contributed by atoms with Gasteiger partial charge in [-0.05, 0) is 36.6 Å². The van der Waals surface area contributed by atoms with E-state index in [-0.39, 0.29) is 42.5 Å². The van der Waals surface area contributed by atoms with E-state index in [0.717, 1.165) is 0 Å². The molecular formula is C24H26F2N4O4. The Morgan fingerprint density at radius 3 is 2.62 bits per heavy atom. The van der Waals surface area contributed by atoms with Crippen molar-refractivity contribution in [1.29, 1.82) is 0 Å². The van der Waals surface area contributed by atoms with Crippen molar-refractivity contribution in [2.45, 2.75) is 38.8 Å². The Bertz CT molecular complexity index is 1160. The van der Waals surface area contributed by atoms with Gasteiger partial charge in [-0.1, -0.05) is 26.0 Å². The summed E-state index contributed by atoms with van der Waals surface area (Å²) in [6.07, 6.45) is 2.71. The van der Waals surface area contributed by atoms with Gasteiger partial charge in [-0.2, -0.15) is 9.45 Å². The number of fused-ring (bicyclic) bond motifs is 1. The third kappa shape index (κ3) is 4.26. The van der Waals surface area contributed by atoms with Gasteiger partial charge >= 0.3 is 0 Å². The molecule has 0 radical (unpaired) electrons. The maximum absolute atomic E-state index is 15.2.